The molecule has 0 saturated heterocycles. The molecule has 0 saturated carbocycles. The fourth-order valence-corrected chi connectivity index (χ4v) is 2.15. The summed E-state index contributed by atoms with van der Waals surface area (Å²) < 4.78 is 0. The van der Waals surface area contributed by atoms with Crippen LogP contribution in [0.3, 0.4) is 0 Å². The van der Waals surface area contributed by atoms with Crippen LogP contribution in [0.15, 0.2) is 54.6 Å². The highest BCUT2D eigenvalue weighted by molar-refractivity contribution is 6.30. The van der Waals surface area contributed by atoms with Crippen LogP contribution in [0.25, 0.3) is 0 Å². The first kappa shape index (κ1) is 15.4. The van der Waals surface area contributed by atoms with E-state index in [1.165, 1.54) is 0 Å². The molecule has 3 nitrogen and oxygen atoms in total. The molecular weight excluding hydrogens is 284 g/mol. The quantitative estimate of drug-likeness (QED) is 0.846. The molecule has 2 rings (SSSR count). The molecular formula is C17H19ClN2O. The van der Waals surface area contributed by atoms with Crippen molar-refractivity contribution in [3.63, 3.8) is 0 Å². The van der Waals surface area contributed by atoms with Gasteiger partial charge in [0.15, 0.2) is 0 Å². The molecule has 0 aliphatic rings. The van der Waals surface area contributed by atoms with Crippen molar-refractivity contribution in [2.45, 2.75) is 19.4 Å². The summed E-state index contributed by atoms with van der Waals surface area (Å²) in [5.41, 5.74) is 2.07. The number of carbonyl (C=O) groups excluding carboxylic acids is 1. The van der Waals surface area contributed by atoms with Gasteiger partial charge in [0.05, 0.1) is 6.04 Å². The average Bonchev–Trinajstić information content (AvgIpc) is 2.50. The molecule has 0 radical (unpaired) electrons. The van der Waals surface area contributed by atoms with Gasteiger partial charge < -0.3 is 10.6 Å². The van der Waals surface area contributed by atoms with Crippen LogP contribution < -0.4 is 10.6 Å². The van der Waals surface area contributed by atoms with Gasteiger partial charge in [-0.1, -0.05) is 41.9 Å². The molecule has 0 aliphatic heterocycles. The Balaban J connectivity index is 1.73. The molecule has 2 N–H and O–H groups in total. The van der Waals surface area contributed by atoms with Crippen LogP contribution in [-0.2, 0) is 4.79 Å². The van der Waals surface area contributed by atoms with Gasteiger partial charge in [-0.2, -0.15) is 0 Å². The van der Waals surface area contributed by atoms with Crippen molar-refractivity contribution in [3.05, 3.63) is 65.2 Å². The van der Waals surface area contributed by atoms with E-state index in [9.17, 15) is 4.79 Å². The van der Waals surface area contributed by atoms with Crippen molar-refractivity contribution in [2.24, 2.45) is 0 Å². The van der Waals surface area contributed by atoms with Crippen LogP contribution in [0.4, 0.5) is 5.69 Å². The van der Waals surface area contributed by atoms with E-state index in [2.05, 4.69) is 10.6 Å². The second kappa shape index (κ2) is 7.70. The third-order valence-electron chi connectivity index (χ3n) is 3.20. The number of carbonyl (C=O) groups is 1. The summed E-state index contributed by atoms with van der Waals surface area (Å²) in [7, 11) is 0. The minimum Gasteiger partial charge on any atom is -0.385 e. The van der Waals surface area contributed by atoms with Gasteiger partial charge in [0.1, 0.15) is 0 Å². The normalized spacial score (nSPS) is 11.7. The fraction of sp³-hybridized carbons (Fsp3) is 0.235. The zero-order valence-corrected chi connectivity index (χ0v) is 12.7. The van der Waals surface area contributed by atoms with Crippen LogP contribution in [0.2, 0.25) is 5.02 Å². The molecule has 1 amide bonds. The number of anilines is 1. The smallest absolute Gasteiger partial charge is 0.222 e. The van der Waals surface area contributed by atoms with Gasteiger partial charge in [-0.3, -0.25) is 4.79 Å². The van der Waals surface area contributed by atoms with Crippen LogP contribution in [0, 0.1) is 0 Å². The van der Waals surface area contributed by atoms with E-state index in [0.717, 1.165) is 11.3 Å². The summed E-state index contributed by atoms with van der Waals surface area (Å²) in [4.78, 5) is 11.9. The first-order valence-corrected chi connectivity index (χ1v) is 7.36. The molecule has 0 spiro atoms. The molecule has 0 heterocycles. The Morgan fingerprint density at radius 2 is 1.76 bits per heavy atom. The lowest BCUT2D eigenvalue weighted by atomic mass is 10.1. The van der Waals surface area contributed by atoms with E-state index in [-0.39, 0.29) is 11.9 Å². The molecule has 110 valence electrons. The molecule has 21 heavy (non-hydrogen) atoms. The molecule has 0 aromatic heterocycles. The van der Waals surface area contributed by atoms with Gasteiger partial charge in [-0.25, -0.2) is 0 Å². The highest BCUT2D eigenvalue weighted by Crippen LogP contribution is 2.13. The van der Waals surface area contributed by atoms with Crippen molar-refractivity contribution in [3.8, 4) is 0 Å². The van der Waals surface area contributed by atoms with Gasteiger partial charge in [0.2, 0.25) is 5.91 Å². The van der Waals surface area contributed by atoms with E-state index in [1.54, 1.807) is 0 Å². The van der Waals surface area contributed by atoms with E-state index in [1.807, 2.05) is 61.5 Å². The van der Waals surface area contributed by atoms with Gasteiger partial charge in [-0.05, 0) is 36.8 Å². The number of benzene rings is 2. The van der Waals surface area contributed by atoms with E-state index in [4.69, 9.17) is 11.6 Å². The van der Waals surface area contributed by atoms with Crippen LogP contribution in [0.1, 0.15) is 24.9 Å². The number of hydrogen-bond donors (Lipinski definition) is 2. The summed E-state index contributed by atoms with van der Waals surface area (Å²) in [5.74, 6) is 0.0350. The Morgan fingerprint density at radius 3 is 2.43 bits per heavy atom. The lowest BCUT2D eigenvalue weighted by molar-refractivity contribution is -0.121. The largest absolute Gasteiger partial charge is 0.385 e. The lowest BCUT2D eigenvalue weighted by Gasteiger charge is -2.14. The summed E-state index contributed by atoms with van der Waals surface area (Å²) >= 11 is 5.82. The molecule has 0 fully saturated rings. The zero-order valence-electron chi connectivity index (χ0n) is 12.0. The Kier molecular flexibility index (Phi) is 5.64. The molecule has 0 bridgehead atoms. The summed E-state index contributed by atoms with van der Waals surface area (Å²) in [6, 6.07) is 17.4. The standard InChI is InChI=1S/C17H19ClN2O/c1-13(14-5-3-2-4-6-14)20-17(21)11-12-19-16-9-7-15(18)8-10-16/h2-10,13,19H,11-12H2,1H3,(H,20,21). The highest BCUT2D eigenvalue weighted by Gasteiger charge is 2.08. The maximum Gasteiger partial charge on any atom is 0.222 e. The minimum atomic E-state index is 0.0224. The minimum absolute atomic E-state index is 0.0224. The third-order valence-corrected chi connectivity index (χ3v) is 3.45. The van der Waals surface area contributed by atoms with Crippen molar-refractivity contribution in [1.29, 1.82) is 0 Å². The Labute approximate surface area is 130 Å². The molecule has 2 aromatic rings. The predicted molar refractivity (Wildman–Crippen MR) is 87.6 cm³/mol. The summed E-state index contributed by atoms with van der Waals surface area (Å²) in [6.07, 6.45) is 0.430. The van der Waals surface area contributed by atoms with Crippen molar-refractivity contribution in [1.82, 2.24) is 5.32 Å². The average molecular weight is 303 g/mol. The monoisotopic (exact) mass is 302 g/mol. The molecule has 2 aromatic carbocycles. The molecule has 1 unspecified atom stereocenters. The molecule has 4 heteroatoms. The number of rotatable bonds is 6. The zero-order chi connectivity index (χ0) is 15.1. The molecule has 0 aliphatic carbocycles. The van der Waals surface area contributed by atoms with Gasteiger partial charge >= 0.3 is 0 Å². The molecule has 1 atom stereocenters. The predicted octanol–water partition coefficient (Wildman–Crippen LogP) is 4.02. The first-order chi connectivity index (χ1) is 10.1. The Hall–Kier alpha value is -2.00. The first-order valence-electron chi connectivity index (χ1n) is 6.99. The topological polar surface area (TPSA) is 41.1 Å². The van der Waals surface area contributed by atoms with Gasteiger partial charge in [0.25, 0.3) is 0 Å². The fourth-order valence-electron chi connectivity index (χ4n) is 2.03. The Morgan fingerprint density at radius 1 is 1.10 bits per heavy atom. The van der Waals surface area contributed by atoms with Crippen LogP contribution in [-0.4, -0.2) is 12.5 Å². The second-order valence-corrected chi connectivity index (χ2v) is 5.32. The maximum atomic E-state index is 11.9. The van der Waals surface area contributed by atoms with Crippen molar-refractivity contribution in [2.75, 3.05) is 11.9 Å². The van der Waals surface area contributed by atoms with E-state index < -0.39 is 0 Å². The second-order valence-electron chi connectivity index (χ2n) is 4.88. The van der Waals surface area contributed by atoms with Crippen LogP contribution >= 0.6 is 11.6 Å². The number of nitrogens with one attached hydrogen (secondary N) is 2. The van der Waals surface area contributed by atoms with Gasteiger partial charge in [0, 0.05) is 23.7 Å². The van der Waals surface area contributed by atoms with E-state index in [0.29, 0.717) is 18.0 Å². The number of hydrogen-bond acceptors (Lipinski definition) is 2. The number of amides is 1. The Bertz CT molecular complexity index is 569. The summed E-state index contributed by atoms with van der Waals surface area (Å²) in [6.45, 7) is 2.58. The van der Waals surface area contributed by atoms with Crippen molar-refractivity contribution >= 4 is 23.2 Å². The van der Waals surface area contributed by atoms with E-state index >= 15 is 0 Å². The third kappa shape index (κ3) is 5.12. The van der Waals surface area contributed by atoms with Gasteiger partial charge in [-0.15, -0.1) is 0 Å². The number of halogens is 1. The maximum absolute atomic E-state index is 11.9. The SMILES string of the molecule is CC(NC(=O)CCNc1ccc(Cl)cc1)c1ccccc1. The van der Waals surface area contributed by atoms with Crippen molar-refractivity contribution < 1.29 is 4.79 Å². The van der Waals surface area contributed by atoms with Crippen LogP contribution in [0.5, 0.6) is 0 Å². The lowest BCUT2D eigenvalue weighted by Crippen LogP contribution is -2.28. The summed E-state index contributed by atoms with van der Waals surface area (Å²) in [5, 5.41) is 6.89. The highest BCUT2D eigenvalue weighted by atomic mass is 35.5.